The number of hydrogen-bond acceptors (Lipinski definition) is 5. The number of unbranched alkanes of at least 4 members (excludes halogenated alkanes) is 1. The van der Waals surface area contributed by atoms with E-state index < -0.39 is 10.0 Å². The van der Waals surface area contributed by atoms with Gasteiger partial charge in [0.05, 0.1) is 15.9 Å². The van der Waals surface area contributed by atoms with E-state index in [1.54, 1.807) is 23.5 Å². The normalized spacial score (nSPS) is 12.0. The molecule has 0 saturated heterocycles. The third-order valence-corrected chi connectivity index (χ3v) is 7.91. The molecule has 3 rings (SSSR count). The minimum absolute atomic E-state index is 0.00142. The van der Waals surface area contributed by atoms with Crippen molar-refractivity contribution in [1.29, 1.82) is 0 Å². The molecule has 0 aliphatic carbocycles. The van der Waals surface area contributed by atoms with Gasteiger partial charge in [0, 0.05) is 44.9 Å². The van der Waals surface area contributed by atoms with E-state index >= 15 is 0 Å². The number of carbonyl (C=O) groups is 1. The lowest BCUT2D eigenvalue weighted by Crippen LogP contribution is -2.26. The first-order chi connectivity index (χ1) is 14.8. The molecule has 0 bridgehead atoms. The van der Waals surface area contributed by atoms with Gasteiger partial charge in [-0.25, -0.2) is 17.7 Å². The van der Waals surface area contributed by atoms with Gasteiger partial charge in [0.25, 0.3) is 0 Å². The number of aryl methyl sites for hydroxylation is 2. The van der Waals surface area contributed by atoms with Gasteiger partial charge in [-0.1, -0.05) is 19.4 Å². The van der Waals surface area contributed by atoms with E-state index in [0.29, 0.717) is 24.9 Å². The number of aromatic nitrogens is 2. The summed E-state index contributed by atoms with van der Waals surface area (Å²) in [7, 11) is -0.491. The lowest BCUT2D eigenvalue weighted by molar-refractivity contribution is -0.121. The molecule has 3 aromatic rings. The number of fused-ring (bicyclic) bond motifs is 1. The van der Waals surface area contributed by atoms with Crippen molar-refractivity contribution >= 4 is 38.3 Å². The Balaban J connectivity index is 1.73. The van der Waals surface area contributed by atoms with E-state index in [4.69, 9.17) is 4.98 Å². The molecule has 0 spiro atoms. The molecule has 2 heterocycles. The van der Waals surface area contributed by atoms with Gasteiger partial charge in [0.1, 0.15) is 5.82 Å². The molecule has 0 aliphatic rings. The van der Waals surface area contributed by atoms with Crippen molar-refractivity contribution in [3.05, 3.63) is 46.4 Å². The van der Waals surface area contributed by atoms with Gasteiger partial charge < -0.3 is 9.88 Å². The van der Waals surface area contributed by atoms with Gasteiger partial charge >= 0.3 is 0 Å². The monoisotopic (exact) mass is 462 g/mol. The number of hydrogen-bond donors (Lipinski definition) is 1. The van der Waals surface area contributed by atoms with Crippen LogP contribution in [0.15, 0.2) is 40.6 Å². The zero-order chi connectivity index (χ0) is 22.4. The number of rotatable bonds is 11. The van der Waals surface area contributed by atoms with Crippen LogP contribution in [0.25, 0.3) is 11.0 Å². The Morgan fingerprint density at radius 3 is 2.71 bits per heavy atom. The van der Waals surface area contributed by atoms with Crippen LogP contribution in [0, 0.1) is 0 Å². The van der Waals surface area contributed by atoms with E-state index in [0.717, 1.165) is 37.1 Å². The quantitative estimate of drug-likeness (QED) is 0.473. The van der Waals surface area contributed by atoms with Crippen molar-refractivity contribution < 1.29 is 13.2 Å². The second-order valence-electron chi connectivity index (χ2n) is 7.65. The first-order valence-electron chi connectivity index (χ1n) is 10.5. The Bertz CT molecular complexity index is 1120. The molecule has 1 N–H and O–H groups in total. The van der Waals surface area contributed by atoms with E-state index in [1.165, 1.54) is 23.3 Å². The summed E-state index contributed by atoms with van der Waals surface area (Å²) in [5.41, 5.74) is 1.55. The Kier molecular flexibility index (Phi) is 7.85. The molecular formula is C22H30N4O3S2. The summed E-state index contributed by atoms with van der Waals surface area (Å²) in [5, 5.41) is 5.01. The highest BCUT2D eigenvalue weighted by Gasteiger charge is 2.20. The highest BCUT2D eigenvalue weighted by atomic mass is 32.2. The molecule has 7 nitrogen and oxygen atoms in total. The number of carbonyl (C=O) groups excluding carboxylic acids is 1. The van der Waals surface area contributed by atoms with Gasteiger partial charge in [0.2, 0.25) is 15.9 Å². The van der Waals surface area contributed by atoms with Gasteiger partial charge in [-0.2, -0.15) is 0 Å². The Morgan fingerprint density at radius 1 is 1.23 bits per heavy atom. The molecule has 1 aromatic carbocycles. The second kappa shape index (κ2) is 10.4. The summed E-state index contributed by atoms with van der Waals surface area (Å²) in [5.74, 6) is 0.817. The topological polar surface area (TPSA) is 84.3 Å². The second-order valence-corrected chi connectivity index (χ2v) is 10.8. The van der Waals surface area contributed by atoms with Crippen LogP contribution in [0.5, 0.6) is 0 Å². The third kappa shape index (κ3) is 5.72. The first-order valence-corrected chi connectivity index (χ1v) is 12.9. The number of sulfonamides is 1. The summed E-state index contributed by atoms with van der Waals surface area (Å²) in [6, 6.07) is 9.15. The Labute approximate surface area is 188 Å². The van der Waals surface area contributed by atoms with Crippen LogP contribution < -0.4 is 5.32 Å². The van der Waals surface area contributed by atoms with Crippen LogP contribution in [0.3, 0.4) is 0 Å². The fraction of sp³-hybridized carbons (Fsp3) is 0.455. The van der Waals surface area contributed by atoms with E-state index in [1.807, 2.05) is 17.5 Å². The van der Waals surface area contributed by atoms with Crippen molar-refractivity contribution in [3.63, 3.8) is 0 Å². The lowest BCUT2D eigenvalue weighted by atomic mass is 10.2. The predicted octanol–water partition coefficient (Wildman–Crippen LogP) is 3.44. The van der Waals surface area contributed by atoms with Gasteiger partial charge in [0.15, 0.2) is 0 Å². The molecule has 0 radical (unpaired) electrons. The minimum atomic E-state index is -3.52. The van der Waals surface area contributed by atoms with Gasteiger partial charge in [-0.15, -0.1) is 11.3 Å². The maximum absolute atomic E-state index is 12.5. The SMILES string of the molecule is CCCCn1c(CCC(=O)NCCc2cccs2)nc2cc(S(=O)(=O)N(C)C)ccc21. The number of benzene rings is 1. The van der Waals surface area contributed by atoms with Crippen molar-refractivity contribution in [2.75, 3.05) is 20.6 Å². The average Bonchev–Trinajstić information content (AvgIpc) is 3.37. The van der Waals surface area contributed by atoms with Crippen molar-refractivity contribution in [2.24, 2.45) is 0 Å². The maximum Gasteiger partial charge on any atom is 0.242 e. The summed E-state index contributed by atoms with van der Waals surface area (Å²) in [6.07, 6.45) is 3.72. The molecular weight excluding hydrogens is 432 g/mol. The summed E-state index contributed by atoms with van der Waals surface area (Å²) in [6.45, 7) is 3.54. The lowest BCUT2D eigenvalue weighted by Gasteiger charge is -2.11. The van der Waals surface area contributed by atoms with Gasteiger partial charge in [-0.3, -0.25) is 4.79 Å². The molecule has 2 aromatic heterocycles. The number of nitrogens with one attached hydrogen (secondary N) is 1. The molecule has 0 aliphatic heterocycles. The minimum Gasteiger partial charge on any atom is -0.356 e. The number of imidazole rings is 1. The summed E-state index contributed by atoms with van der Waals surface area (Å²) in [4.78, 5) is 18.5. The molecule has 0 unspecified atom stereocenters. The zero-order valence-corrected chi connectivity index (χ0v) is 19.9. The van der Waals surface area contributed by atoms with Crippen molar-refractivity contribution in [2.45, 2.75) is 50.5 Å². The maximum atomic E-state index is 12.5. The molecule has 1 amide bonds. The van der Waals surface area contributed by atoms with Crippen LogP contribution in [-0.2, 0) is 34.2 Å². The van der Waals surface area contributed by atoms with Crippen LogP contribution in [0.1, 0.15) is 36.9 Å². The Morgan fingerprint density at radius 2 is 2.03 bits per heavy atom. The zero-order valence-electron chi connectivity index (χ0n) is 18.3. The molecule has 0 atom stereocenters. The number of amides is 1. The third-order valence-electron chi connectivity index (χ3n) is 5.16. The van der Waals surface area contributed by atoms with Crippen LogP contribution in [0.2, 0.25) is 0 Å². The van der Waals surface area contributed by atoms with Crippen molar-refractivity contribution in [1.82, 2.24) is 19.2 Å². The fourth-order valence-corrected chi connectivity index (χ4v) is 5.01. The fourth-order valence-electron chi connectivity index (χ4n) is 3.38. The van der Waals surface area contributed by atoms with Crippen LogP contribution >= 0.6 is 11.3 Å². The number of thiophene rings is 1. The van der Waals surface area contributed by atoms with Crippen LogP contribution in [-0.4, -0.2) is 48.8 Å². The molecule has 9 heteroatoms. The largest absolute Gasteiger partial charge is 0.356 e. The van der Waals surface area contributed by atoms with E-state index in [-0.39, 0.29) is 10.8 Å². The Hall–Kier alpha value is -2.23. The first kappa shape index (κ1) is 23.4. The highest BCUT2D eigenvalue weighted by molar-refractivity contribution is 7.89. The van der Waals surface area contributed by atoms with Gasteiger partial charge in [-0.05, 0) is 42.5 Å². The summed E-state index contributed by atoms with van der Waals surface area (Å²) < 4.78 is 28.3. The molecule has 0 fully saturated rings. The molecule has 31 heavy (non-hydrogen) atoms. The average molecular weight is 463 g/mol. The van der Waals surface area contributed by atoms with E-state index in [9.17, 15) is 13.2 Å². The molecule has 0 saturated carbocycles. The standard InChI is InChI=1S/C22H30N4O3S2/c1-4-5-14-26-20-9-8-18(31(28,29)25(2)3)16-19(20)24-21(26)10-11-22(27)23-13-12-17-7-6-15-30-17/h6-9,15-16H,4-5,10-14H2,1-3H3,(H,23,27). The predicted molar refractivity (Wildman–Crippen MR) is 125 cm³/mol. The highest BCUT2D eigenvalue weighted by Crippen LogP contribution is 2.23. The van der Waals surface area contributed by atoms with Crippen LogP contribution in [0.4, 0.5) is 0 Å². The smallest absolute Gasteiger partial charge is 0.242 e. The summed E-state index contributed by atoms with van der Waals surface area (Å²) >= 11 is 1.69. The van der Waals surface area contributed by atoms with Crippen molar-refractivity contribution in [3.8, 4) is 0 Å². The molecule has 168 valence electrons. The number of nitrogens with zero attached hydrogens (tertiary/aromatic N) is 3. The van der Waals surface area contributed by atoms with E-state index in [2.05, 4.69) is 22.9 Å².